The van der Waals surface area contributed by atoms with Crippen LogP contribution in [0, 0.1) is 0 Å². The number of carbonyl (C=O) groups excluding carboxylic acids is 2. The number of rotatable bonds is 6. The lowest BCUT2D eigenvalue weighted by atomic mass is 10.2. The molecule has 0 fully saturated rings. The number of nitrogens with one attached hydrogen (secondary N) is 2. The van der Waals surface area contributed by atoms with Crippen molar-refractivity contribution in [1.29, 1.82) is 0 Å². The van der Waals surface area contributed by atoms with E-state index in [1.165, 1.54) is 26.4 Å². The quantitative estimate of drug-likeness (QED) is 0.742. The van der Waals surface area contributed by atoms with E-state index in [1.54, 1.807) is 24.3 Å². The van der Waals surface area contributed by atoms with E-state index in [4.69, 9.17) is 27.9 Å². The summed E-state index contributed by atoms with van der Waals surface area (Å²) >= 11 is 12.0. The molecule has 0 aliphatic carbocycles. The van der Waals surface area contributed by atoms with Gasteiger partial charge in [-0.25, -0.2) is 4.79 Å². The van der Waals surface area contributed by atoms with E-state index in [1.807, 2.05) is 0 Å². The Kier molecular flexibility index (Phi) is 6.50. The molecule has 0 aliphatic rings. The molecular formula is C17H16Cl2N2O4. The molecule has 0 heterocycles. The third kappa shape index (κ3) is 5.01. The van der Waals surface area contributed by atoms with Gasteiger partial charge in [-0.2, -0.15) is 0 Å². The number of hydrogen-bond donors (Lipinski definition) is 2. The number of carbonyl (C=O) groups is 2. The molecule has 2 N–H and O–H groups in total. The third-order valence-corrected chi connectivity index (χ3v) is 3.83. The van der Waals surface area contributed by atoms with Crippen molar-refractivity contribution in [2.45, 2.75) is 0 Å². The molecule has 0 atom stereocenters. The molecule has 1 amide bonds. The zero-order valence-corrected chi connectivity index (χ0v) is 15.1. The predicted molar refractivity (Wildman–Crippen MR) is 97.9 cm³/mol. The second kappa shape index (κ2) is 8.60. The van der Waals surface area contributed by atoms with Gasteiger partial charge in [-0.3, -0.25) is 4.79 Å². The van der Waals surface area contributed by atoms with Gasteiger partial charge in [0.1, 0.15) is 5.75 Å². The Bertz CT molecular complexity index is 796. The lowest BCUT2D eigenvalue weighted by molar-refractivity contribution is -0.114. The van der Waals surface area contributed by atoms with Crippen molar-refractivity contribution in [3.8, 4) is 5.75 Å². The van der Waals surface area contributed by atoms with E-state index in [2.05, 4.69) is 15.4 Å². The van der Waals surface area contributed by atoms with Crippen molar-refractivity contribution in [2.75, 3.05) is 31.4 Å². The second-order valence-corrected chi connectivity index (χ2v) is 5.78. The van der Waals surface area contributed by atoms with Gasteiger partial charge in [0.2, 0.25) is 5.91 Å². The van der Waals surface area contributed by atoms with Gasteiger partial charge in [0, 0.05) is 5.02 Å². The number of ether oxygens (including phenoxy) is 2. The van der Waals surface area contributed by atoms with Crippen LogP contribution in [0.2, 0.25) is 10.0 Å². The monoisotopic (exact) mass is 382 g/mol. The van der Waals surface area contributed by atoms with Crippen molar-refractivity contribution in [1.82, 2.24) is 0 Å². The van der Waals surface area contributed by atoms with Crippen molar-refractivity contribution in [3.05, 3.63) is 52.0 Å². The number of amides is 1. The van der Waals surface area contributed by atoms with E-state index < -0.39 is 5.97 Å². The molecule has 132 valence electrons. The highest BCUT2D eigenvalue weighted by molar-refractivity contribution is 6.33. The van der Waals surface area contributed by atoms with Gasteiger partial charge in [0.25, 0.3) is 0 Å². The average Bonchev–Trinajstić information content (AvgIpc) is 2.60. The van der Waals surface area contributed by atoms with E-state index in [0.29, 0.717) is 32.7 Å². The first-order chi connectivity index (χ1) is 11.9. The second-order valence-electron chi connectivity index (χ2n) is 4.93. The normalized spacial score (nSPS) is 10.1. The van der Waals surface area contributed by atoms with E-state index in [-0.39, 0.29) is 12.5 Å². The van der Waals surface area contributed by atoms with Gasteiger partial charge in [-0.15, -0.1) is 0 Å². The SMILES string of the molecule is COC(=O)c1ccc(Cl)c(NCC(=O)Nc2cc(Cl)ccc2OC)c1. The maximum Gasteiger partial charge on any atom is 0.337 e. The van der Waals surface area contributed by atoms with Crippen LogP contribution in [0.1, 0.15) is 10.4 Å². The molecule has 25 heavy (non-hydrogen) atoms. The number of halogens is 2. The summed E-state index contributed by atoms with van der Waals surface area (Å²) < 4.78 is 9.83. The molecule has 0 aliphatic heterocycles. The fourth-order valence-corrected chi connectivity index (χ4v) is 2.41. The molecule has 0 radical (unpaired) electrons. The maximum atomic E-state index is 12.1. The van der Waals surface area contributed by atoms with Gasteiger partial charge in [0.15, 0.2) is 0 Å². The first-order valence-corrected chi connectivity index (χ1v) is 7.95. The fourth-order valence-electron chi connectivity index (χ4n) is 2.05. The lowest BCUT2D eigenvalue weighted by Gasteiger charge is -2.12. The Morgan fingerprint density at radius 2 is 1.80 bits per heavy atom. The Balaban J connectivity index is 2.05. The third-order valence-electron chi connectivity index (χ3n) is 3.26. The number of hydrogen-bond acceptors (Lipinski definition) is 5. The highest BCUT2D eigenvalue weighted by Crippen LogP contribution is 2.28. The molecule has 0 saturated heterocycles. The van der Waals surface area contributed by atoms with Crippen molar-refractivity contribution >= 4 is 46.5 Å². The highest BCUT2D eigenvalue weighted by atomic mass is 35.5. The topological polar surface area (TPSA) is 76.7 Å². The van der Waals surface area contributed by atoms with Gasteiger partial charge >= 0.3 is 5.97 Å². The number of benzene rings is 2. The summed E-state index contributed by atoms with van der Waals surface area (Å²) in [5.41, 5.74) is 1.22. The summed E-state index contributed by atoms with van der Waals surface area (Å²) in [5, 5.41) is 6.42. The standard InChI is InChI=1S/C17H16Cl2N2O4/c1-24-15-6-4-11(18)8-14(15)21-16(22)9-20-13-7-10(17(23)25-2)3-5-12(13)19/h3-8,20H,9H2,1-2H3,(H,21,22). The number of methoxy groups -OCH3 is 2. The summed E-state index contributed by atoms with van der Waals surface area (Å²) in [6, 6.07) is 9.50. The molecule has 0 aromatic heterocycles. The van der Waals surface area contributed by atoms with Crippen LogP contribution in [0.3, 0.4) is 0 Å². The summed E-state index contributed by atoms with van der Waals surface area (Å²) in [6.45, 7) is -0.0694. The molecule has 2 aromatic rings. The van der Waals surface area contributed by atoms with Gasteiger partial charge < -0.3 is 20.1 Å². The Morgan fingerprint density at radius 3 is 2.48 bits per heavy atom. The van der Waals surface area contributed by atoms with Gasteiger partial charge in [-0.05, 0) is 36.4 Å². The minimum atomic E-state index is -0.493. The first-order valence-electron chi connectivity index (χ1n) is 7.19. The smallest absolute Gasteiger partial charge is 0.337 e. The molecular weight excluding hydrogens is 367 g/mol. The van der Waals surface area contributed by atoms with Gasteiger partial charge in [-0.1, -0.05) is 23.2 Å². The van der Waals surface area contributed by atoms with Crippen LogP contribution in [0.15, 0.2) is 36.4 Å². The maximum absolute atomic E-state index is 12.1. The Labute approximate surface area is 155 Å². The Morgan fingerprint density at radius 1 is 1.04 bits per heavy atom. The largest absolute Gasteiger partial charge is 0.495 e. The number of anilines is 2. The first kappa shape index (κ1) is 18.9. The van der Waals surface area contributed by atoms with Crippen LogP contribution >= 0.6 is 23.2 Å². The van der Waals surface area contributed by atoms with Crippen LogP contribution in [0.5, 0.6) is 5.75 Å². The molecule has 2 rings (SSSR count). The van der Waals surface area contributed by atoms with Crippen LogP contribution in [-0.4, -0.2) is 32.6 Å². The minimum absolute atomic E-state index is 0.0694. The molecule has 0 spiro atoms. The summed E-state index contributed by atoms with van der Waals surface area (Å²) in [5.74, 6) is -0.337. The summed E-state index contributed by atoms with van der Waals surface area (Å²) in [4.78, 5) is 23.7. The minimum Gasteiger partial charge on any atom is -0.495 e. The van der Waals surface area contributed by atoms with Crippen LogP contribution < -0.4 is 15.4 Å². The van der Waals surface area contributed by atoms with Crippen LogP contribution in [0.25, 0.3) is 0 Å². The van der Waals surface area contributed by atoms with Crippen LogP contribution in [0.4, 0.5) is 11.4 Å². The molecule has 8 heteroatoms. The molecule has 0 unspecified atom stereocenters. The summed E-state index contributed by atoms with van der Waals surface area (Å²) in [6.07, 6.45) is 0. The zero-order valence-electron chi connectivity index (χ0n) is 13.6. The molecule has 0 bridgehead atoms. The van der Waals surface area contributed by atoms with Crippen LogP contribution in [-0.2, 0) is 9.53 Å². The van der Waals surface area contributed by atoms with E-state index in [0.717, 1.165) is 0 Å². The lowest BCUT2D eigenvalue weighted by Crippen LogP contribution is -2.22. The predicted octanol–water partition coefficient (Wildman–Crippen LogP) is 3.84. The molecule has 0 saturated carbocycles. The molecule has 6 nitrogen and oxygen atoms in total. The fraction of sp³-hybridized carbons (Fsp3) is 0.176. The highest BCUT2D eigenvalue weighted by Gasteiger charge is 2.11. The van der Waals surface area contributed by atoms with Crippen molar-refractivity contribution in [3.63, 3.8) is 0 Å². The van der Waals surface area contributed by atoms with E-state index >= 15 is 0 Å². The van der Waals surface area contributed by atoms with Gasteiger partial charge in [0.05, 0.1) is 42.7 Å². The Hall–Kier alpha value is -2.44. The average molecular weight is 383 g/mol. The molecule has 2 aromatic carbocycles. The van der Waals surface area contributed by atoms with Crippen molar-refractivity contribution in [2.24, 2.45) is 0 Å². The number of esters is 1. The van der Waals surface area contributed by atoms with E-state index in [9.17, 15) is 9.59 Å². The van der Waals surface area contributed by atoms with Crippen molar-refractivity contribution < 1.29 is 19.1 Å². The zero-order chi connectivity index (χ0) is 18.4. The summed E-state index contributed by atoms with van der Waals surface area (Å²) in [7, 11) is 2.78.